The minimum Gasteiger partial charge on any atom is -0.456 e. The first-order chi connectivity index (χ1) is 15.3. The van der Waals surface area contributed by atoms with Crippen LogP contribution in [0, 0.1) is 5.92 Å². The summed E-state index contributed by atoms with van der Waals surface area (Å²) in [5.41, 5.74) is 3.94. The van der Waals surface area contributed by atoms with Crippen LogP contribution < -0.4 is 0 Å². The molecule has 0 N–H and O–H groups in total. The zero-order valence-corrected chi connectivity index (χ0v) is 17.7. The van der Waals surface area contributed by atoms with Gasteiger partial charge in [0.1, 0.15) is 11.2 Å². The third-order valence-electron chi connectivity index (χ3n) is 7.37. The van der Waals surface area contributed by atoms with Crippen molar-refractivity contribution in [2.24, 2.45) is 5.92 Å². The Balaban J connectivity index is 1.26. The predicted molar refractivity (Wildman–Crippen MR) is 124 cm³/mol. The van der Waals surface area contributed by atoms with Crippen molar-refractivity contribution in [2.75, 3.05) is 0 Å². The maximum Gasteiger partial charge on any atom is 0.166 e. The van der Waals surface area contributed by atoms with Crippen molar-refractivity contribution < 1.29 is 9.21 Å². The standard InChI is InChI=1S/C28H27NO2/c30-28(20-13-14-27-25(17-20)24-11-4-5-12-26(24)31-27)21-15-22-9-6-10-23(16-21)29(22)18-19-7-2-1-3-8-19/h1-5,7-8,11-14,17,21-23H,6,9-10,15-16,18H2. The topological polar surface area (TPSA) is 33.5 Å². The Morgan fingerprint density at radius 1 is 0.839 bits per heavy atom. The van der Waals surface area contributed by atoms with Crippen LogP contribution in [0.15, 0.2) is 77.2 Å². The monoisotopic (exact) mass is 409 g/mol. The molecule has 3 aromatic carbocycles. The molecular formula is C28H27NO2. The fraction of sp³-hybridized carbons (Fsp3) is 0.321. The molecule has 1 aromatic heterocycles. The number of ketones is 1. The van der Waals surface area contributed by atoms with Gasteiger partial charge in [-0.05, 0) is 55.5 Å². The summed E-state index contributed by atoms with van der Waals surface area (Å²) in [4.78, 5) is 16.2. The van der Waals surface area contributed by atoms with Gasteiger partial charge >= 0.3 is 0 Å². The predicted octanol–water partition coefficient (Wildman–Crippen LogP) is 6.60. The molecule has 0 aliphatic carbocycles. The van der Waals surface area contributed by atoms with Gasteiger partial charge in [0.2, 0.25) is 0 Å². The second kappa shape index (κ2) is 7.65. The van der Waals surface area contributed by atoms with E-state index >= 15 is 0 Å². The molecule has 31 heavy (non-hydrogen) atoms. The van der Waals surface area contributed by atoms with E-state index in [1.165, 1.54) is 24.8 Å². The molecule has 0 saturated carbocycles. The molecule has 2 aliphatic rings. The molecule has 156 valence electrons. The molecule has 2 saturated heterocycles. The molecule has 2 atom stereocenters. The minimum absolute atomic E-state index is 0.123. The Labute approximate surface area is 182 Å². The van der Waals surface area contributed by atoms with Gasteiger partial charge in [-0.2, -0.15) is 0 Å². The van der Waals surface area contributed by atoms with Gasteiger partial charge in [-0.1, -0.05) is 55.0 Å². The maximum absolute atomic E-state index is 13.5. The van der Waals surface area contributed by atoms with Crippen LogP contribution in [0.4, 0.5) is 0 Å². The van der Waals surface area contributed by atoms with Gasteiger partial charge in [0.05, 0.1) is 0 Å². The fourth-order valence-electron chi connectivity index (χ4n) is 5.86. The largest absolute Gasteiger partial charge is 0.456 e. The summed E-state index contributed by atoms with van der Waals surface area (Å²) in [6.07, 6.45) is 5.66. The summed E-state index contributed by atoms with van der Waals surface area (Å²) in [7, 11) is 0. The molecule has 0 radical (unpaired) electrons. The summed E-state index contributed by atoms with van der Waals surface area (Å²) in [6.45, 7) is 1.00. The lowest BCUT2D eigenvalue weighted by Gasteiger charge is -2.48. The number of hydrogen-bond donors (Lipinski definition) is 0. The number of nitrogens with zero attached hydrogens (tertiary/aromatic N) is 1. The van der Waals surface area contributed by atoms with E-state index in [1.807, 2.05) is 30.3 Å². The van der Waals surface area contributed by atoms with Gasteiger partial charge in [-0.3, -0.25) is 9.69 Å². The normalized spacial score (nSPS) is 23.9. The summed E-state index contributed by atoms with van der Waals surface area (Å²) >= 11 is 0. The molecule has 3 heteroatoms. The van der Waals surface area contributed by atoms with Crippen molar-refractivity contribution in [3.8, 4) is 0 Å². The molecule has 2 aliphatic heterocycles. The first-order valence-corrected chi connectivity index (χ1v) is 11.5. The molecule has 2 fully saturated rings. The number of furan rings is 1. The van der Waals surface area contributed by atoms with Crippen LogP contribution in [0.25, 0.3) is 21.9 Å². The molecule has 4 aromatic rings. The van der Waals surface area contributed by atoms with E-state index in [9.17, 15) is 4.79 Å². The van der Waals surface area contributed by atoms with Gasteiger partial charge in [-0.25, -0.2) is 0 Å². The maximum atomic E-state index is 13.5. The van der Waals surface area contributed by atoms with E-state index < -0.39 is 0 Å². The quantitative estimate of drug-likeness (QED) is 0.356. The zero-order chi connectivity index (χ0) is 20.8. The number of carbonyl (C=O) groups is 1. The highest BCUT2D eigenvalue weighted by Gasteiger charge is 2.40. The zero-order valence-electron chi connectivity index (χ0n) is 17.7. The Hall–Kier alpha value is -2.91. The van der Waals surface area contributed by atoms with Crippen molar-refractivity contribution in [3.63, 3.8) is 0 Å². The molecule has 2 unspecified atom stereocenters. The highest BCUT2D eigenvalue weighted by molar-refractivity contribution is 6.08. The van der Waals surface area contributed by atoms with Crippen LogP contribution in [0.3, 0.4) is 0 Å². The van der Waals surface area contributed by atoms with Crippen LogP contribution in [0.1, 0.15) is 48.0 Å². The van der Waals surface area contributed by atoms with E-state index in [0.717, 1.165) is 46.9 Å². The van der Waals surface area contributed by atoms with Crippen LogP contribution in [0.2, 0.25) is 0 Å². The second-order valence-corrected chi connectivity index (χ2v) is 9.24. The van der Waals surface area contributed by atoms with Gasteiger partial charge in [0.15, 0.2) is 5.78 Å². The molecule has 3 nitrogen and oxygen atoms in total. The van der Waals surface area contributed by atoms with Crippen LogP contribution in [-0.2, 0) is 6.54 Å². The third-order valence-corrected chi connectivity index (χ3v) is 7.37. The van der Waals surface area contributed by atoms with E-state index in [4.69, 9.17) is 4.42 Å². The average Bonchev–Trinajstić information content (AvgIpc) is 3.17. The number of para-hydroxylation sites is 1. The van der Waals surface area contributed by atoms with Crippen molar-refractivity contribution in [1.29, 1.82) is 0 Å². The number of piperidine rings is 2. The Morgan fingerprint density at radius 2 is 1.55 bits per heavy atom. The highest BCUT2D eigenvalue weighted by atomic mass is 16.3. The van der Waals surface area contributed by atoms with Crippen molar-refractivity contribution in [1.82, 2.24) is 4.90 Å². The third kappa shape index (κ3) is 3.37. The van der Waals surface area contributed by atoms with E-state index in [2.05, 4.69) is 47.4 Å². The Morgan fingerprint density at radius 3 is 2.35 bits per heavy atom. The van der Waals surface area contributed by atoms with Crippen molar-refractivity contribution >= 4 is 27.7 Å². The summed E-state index contributed by atoms with van der Waals surface area (Å²) in [5.74, 6) is 0.432. The fourth-order valence-corrected chi connectivity index (χ4v) is 5.86. The highest BCUT2D eigenvalue weighted by Crippen LogP contribution is 2.39. The number of Topliss-reactive ketones (excluding diaryl/α,β-unsaturated/α-hetero) is 1. The molecule has 0 spiro atoms. The Bertz CT molecular complexity index is 1230. The number of rotatable bonds is 4. The van der Waals surface area contributed by atoms with Crippen molar-refractivity contribution in [2.45, 2.75) is 50.7 Å². The van der Waals surface area contributed by atoms with E-state index in [0.29, 0.717) is 17.9 Å². The smallest absolute Gasteiger partial charge is 0.166 e. The summed E-state index contributed by atoms with van der Waals surface area (Å²) in [5, 5.41) is 2.13. The SMILES string of the molecule is O=C(c1ccc2oc3ccccc3c2c1)C1CC2CCCC(C1)N2Cc1ccccc1. The Kier molecular flexibility index (Phi) is 4.65. The number of carbonyl (C=O) groups excluding carboxylic acids is 1. The number of fused-ring (bicyclic) bond motifs is 5. The first kappa shape index (κ1) is 18.8. The number of hydrogen-bond acceptors (Lipinski definition) is 3. The van der Waals surface area contributed by atoms with Crippen LogP contribution in [-0.4, -0.2) is 22.8 Å². The van der Waals surface area contributed by atoms with Gasteiger partial charge in [-0.15, -0.1) is 0 Å². The molecule has 6 rings (SSSR count). The number of benzene rings is 3. The van der Waals surface area contributed by atoms with E-state index in [-0.39, 0.29) is 5.92 Å². The molecule has 0 amide bonds. The lowest BCUT2D eigenvalue weighted by molar-refractivity contribution is 0.00907. The first-order valence-electron chi connectivity index (χ1n) is 11.5. The van der Waals surface area contributed by atoms with Crippen LogP contribution in [0.5, 0.6) is 0 Å². The molecule has 2 bridgehead atoms. The molecular weight excluding hydrogens is 382 g/mol. The lowest BCUT2D eigenvalue weighted by atomic mass is 9.75. The van der Waals surface area contributed by atoms with Crippen molar-refractivity contribution in [3.05, 3.63) is 83.9 Å². The van der Waals surface area contributed by atoms with Gasteiger partial charge in [0, 0.05) is 40.9 Å². The minimum atomic E-state index is 0.123. The van der Waals surface area contributed by atoms with Gasteiger partial charge < -0.3 is 4.42 Å². The van der Waals surface area contributed by atoms with Gasteiger partial charge in [0.25, 0.3) is 0 Å². The van der Waals surface area contributed by atoms with Crippen LogP contribution >= 0.6 is 0 Å². The summed E-state index contributed by atoms with van der Waals surface area (Å²) in [6, 6.07) is 25.8. The lowest BCUT2D eigenvalue weighted by Crippen LogP contribution is -2.52. The second-order valence-electron chi connectivity index (χ2n) is 9.24. The summed E-state index contributed by atoms with van der Waals surface area (Å²) < 4.78 is 5.95. The average molecular weight is 410 g/mol. The van der Waals surface area contributed by atoms with E-state index in [1.54, 1.807) is 0 Å². The molecule has 3 heterocycles.